The molecule has 3 rings (SSSR count). The number of benzene rings is 1. The Morgan fingerprint density at radius 3 is 2.90 bits per heavy atom. The summed E-state index contributed by atoms with van der Waals surface area (Å²) in [5.74, 6) is 0.165. The van der Waals surface area contributed by atoms with E-state index < -0.39 is 0 Å². The van der Waals surface area contributed by atoms with Gasteiger partial charge in [0.2, 0.25) is 5.91 Å². The molecule has 2 N–H and O–H groups in total. The van der Waals surface area contributed by atoms with Gasteiger partial charge in [0.15, 0.2) is 0 Å². The van der Waals surface area contributed by atoms with Crippen LogP contribution < -0.4 is 10.6 Å². The van der Waals surface area contributed by atoms with E-state index in [1.807, 2.05) is 0 Å². The number of carbonyl (C=O) groups excluding carboxylic acids is 2. The molecule has 0 saturated heterocycles. The van der Waals surface area contributed by atoms with Crippen molar-refractivity contribution in [2.24, 2.45) is 0 Å². The number of fused-ring (bicyclic) bond motifs is 1. The predicted molar refractivity (Wildman–Crippen MR) is 78.7 cm³/mol. The summed E-state index contributed by atoms with van der Waals surface area (Å²) in [5, 5.41) is 5.43. The second kappa shape index (κ2) is 5.05. The van der Waals surface area contributed by atoms with E-state index in [0.717, 1.165) is 10.0 Å². The van der Waals surface area contributed by atoms with Gasteiger partial charge in [-0.25, -0.2) is 4.98 Å². The number of rotatable bonds is 2. The van der Waals surface area contributed by atoms with Gasteiger partial charge >= 0.3 is 0 Å². The van der Waals surface area contributed by atoms with Gasteiger partial charge in [-0.15, -0.1) is 0 Å². The number of nitrogens with one attached hydrogen (secondary N) is 2. The standard InChI is InChI=1S/C14H10BrN3O2/c15-10-3-4-12(16-7-10)18-14(20)9-2-1-8-6-13(19)17-11(8)5-9/h1-5,7H,6H2,(H,17,19)(H,16,18,20). The first-order valence-electron chi connectivity index (χ1n) is 5.97. The molecule has 6 heteroatoms. The fraction of sp³-hybridized carbons (Fsp3) is 0.0714. The van der Waals surface area contributed by atoms with E-state index in [2.05, 4.69) is 31.5 Å². The Kier molecular flexibility index (Phi) is 3.23. The van der Waals surface area contributed by atoms with Gasteiger partial charge in [0.25, 0.3) is 5.91 Å². The Hall–Kier alpha value is -2.21. The van der Waals surface area contributed by atoms with E-state index in [1.165, 1.54) is 0 Å². The summed E-state index contributed by atoms with van der Waals surface area (Å²) in [6.45, 7) is 0. The molecular weight excluding hydrogens is 322 g/mol. The number of nitrogens with zero attached hydrogens (tertiary/aromatic N) is 1. The van der Waals surface area contributed by atoms with Crippen molar-refractivity contribution in [3.05, 3.63) is 52.1 Å². The molecule has 5 nitrogen and oxygen atoms in total. The van der Waals surface area contributed by atoms with Crippen molar-refractivity contribution in [3.63, 3.8) is 0 Å². The molecule has 0 unspecified atom stereocenters. The molecule has 0 radical (unpaired) electrons. The summed E-state index contributed by atoms with van der Waals surface area (Å²) in [7, 11) is 0. The highest BCUT2D eigenvalue weighted by Crippen LogP contribution is 2.24. The molecule has 1 aliphatic rings. The van der Waals surface area contributed by atoms with Crippen LogP contribution in [0.15, 0.2) is 41.0 Å². The molecule has 20 heavy (non-hydrogen) atoms. The van der Waals surface area contributed by atoms with Gasteiger partial charge in [0.1, 0.15) is 5.82 Å². The van der Waals surface area contributed by atoms with Gasteiger partial charge in [-0.2, -0.15) is 0 Å². The van der Waals surface area contributed by atoms with Crippen LogP contribution in [0.4, 0.5) is 11.5 Å². The summed E-state index contributed by atoms with van der Waals surface area (Å²) in [4.78, 5) is 27.5. The normalized spacial score (nSPS) is 12.8. The predicted octanol–water partition coefficient (Wildman–Crippen LogP) is 2.59. The van der Waals surface area contributed by atoms with Crippen LogP contribution in [0.3, 0.4) is 0 Å². The van der Waals surface area contributed by atoms with Crippen LogP contribution in [0.25, 0.3) is 0 Å². The first kappa shape index (κ1) is 12.8. The summed E-state index contributed by atoms with van der Waals surface area (Å²) in [5.41, 5.74) is 2.09. The highest BCUT2D eigenvalue weighted by Gasteiger charge is 2.19. The minimum absolute atomic E-state index is 0.0489. The minimum atomic E-state index is -0.260. The molecule has 0 aliphatic carbocycles. The lowest BCUT2D eigenvalue weighted by Crippen LogP contribution is -2.13. The number of halogens is 1. The van der Waals surface area contributed by atoms with Gasteiger partial charge in [0.05, 0.1) is 6.42 Å². The van der Waals surface area contributed by atoms with Crippen molar-refractivity contribution >= 4 is 39.2 Å². The third kappa shape index (κ3) is 2.55. The Bertz CT molecular complexity index is 698. The van der Waals surface area contributed by atoms with Crippen molar-refractivity contribution in [2.75, 3.05) is 10.6 Å². The van der Waals surface area contributed by atoms with Crippen LogP contribution in [0.5, 0.6) is 0 Å². The largest absolute Gasteiger partial charge is 0.326 e. The quantitative estimate of drug-likeness (QED) is 0.888. The highest BCUT2D eigenvalue weighted by atomic mass is 79.9. The summed E-state index contributed by atoms with van der Waals surface area (Å²) in [6, 6.07) is 8.67. The van der Waals surface area contributed by atoms with Gasteiger partial charge in [-0.3, -0.25) is 9.59 Å². The zero-order chi connectivity index (χ0) is 14.1. The average molecular weight is 332 g/mol. The number of amides is 2. The molecular formula is C14H10BrN3O2. The lowest BCUT2D eigenvalue weighted by Gasteiger charge is -2.06. The van der Waals surface area contributed by atoms with Crippen LogP contribution in [0.1, 0.15) is 15.9 Å². The topological polar surface area (TPSA) is 71.1 Å². The van der Waals surface area contributed by atoms with E-state index in [4.69, 9.17) is 0 Å². The highest BCUT2D eigenvalue weighted by molar-refractivity contribution is 9.10. The maximum atomic E-state index is 12.1. The minimum Gasteiger partial charge on any atom is -0.326 e. The molecule has 0 fully saturated rings. The fourth-order valence-electron chi connectivity index (χ4n) is 1.99. The Morgan fingerprint density at radius 1 is 1.30 bits per heavy atom. The van der Waals surface area contributed by atoms with Crippen molar-refractivity contribution < 1.29 is 9.59 Å². The van der Waals surface area contributed by atoms with Crippen molar-refractivity contribution in [2.45, 2.75) is 6.42 Å². The number of anilines is 2. The molecule has 0 bridgehead atoms. The lowest BCUT2D eigenvalue weighted by molar-refractivity contribution is -0.115. The first-order chi connectivity index (χ1) is 9.61. The zero-order valence-electron chi connectivity index (χ0n) is 10.3. The molecule has 0 spiro atoms. The van der Waals surface area contributed by atoms with Crippen LogP contribution in [0, 0.1) is 0 Å². The Labute approximate surface area is 123 Å². The monoisotopic (exact) mass is 331 g/mol. The van der Waals surface area contributed by atoms with Crippen molar-refractivity contribution in [1.82, 2.24) is 4.98 Å². The molecule has 0 saturated carbocycles. The average Bonchev–Trinajstić information content (AvgIpc) is 2.80. The number of pyridine rings is 1. The molecule has 2 heterocycles. The summed E-state index contributed by atoms with van der Waals surface area (Å²) < 4.78 is 0.843. The number of hydrogen-bond donors (Lipinski definition) is 2. The number of carbonyl (C=O) groups is 2. The van der Waals surface area contributed by atoms with Crippen LogP contribution >= 0.6 is 15.9 Å². The zero-order valence-corrected chi connectivity index (χ0v) is 11.9. The molecule has 2 amide bonds. The summed E-state index contributed by atoms with van der Waals surface area (Å²) in [6.07, 6.45) is 1.98. The Morgan fingerprint density at radius 2 is 2.15 bits per heavy atom. The molecule has 100 valence electrons. The molecule has 0 atom stereocenters. The third-order valence-corrected chi connectivity index (χ3v) is 3.44. The van der Waals surface area contributed by atoms with Gasteiger partial charge < -0.3 is 10.6 Å². The van der Waals surface area contributed by atoms with E-state index in [-0.39, 0.29) is 11.8 Å². The van der Waals surface area contributed by atoms with Crippen LogP contribution in [-0.4, -0.2) is 16.8 Å². The number of aromatic nitrogens is 1. The second-order valence-electron chi connectivity index (χ2n) is 4.41. The smallest absolute Gasteiger partial charge is 0.256 e. The lowest BCUT2D eigenvalue weighted by atomic mass is 10.1. The van der Waals surface area contributed by atoms with E-state index in [9.17, 15) is 9.59 Å². The maximum Gasteiger partial charge on any atom is 0.256 e. The van der Waals surface area contributed by atoms with Crippen molar-refractivity contribution in [3.8, 4) is 0 Å². The van der Waals surface area contributed by atoms with E-state index >= 15 is 0 Å². The first-order valence-corrected chi connectivity index (χ1v) is 6.77. The van der Waals surface area contributed by atoms with E-state index in [1.54, 1.807) is 36.5 Å². The van der Waals surface area contributed by atoms with E-state index in [0.29, 0.717) is 23.5 Å². The molecule has 1 aromatic carbocycles. The van der Waals surface area contributed by atoms with Gasteiger partial charge in [0, 0.05) is 21.9 Å². The fourth-order valence-corrected chi connectivity index (χ4v) is 2.23. The molecule has 1 aromatic heterocycles. The van der Waals surface area contributed by atoms with Crippen LogP contribution in [-0.2, 0) is 11.2 Å². The van der Waals surface area contributed by atoms with Gasteiger partial charge in [-0.05, 0) is 45.8 Å². The molecule has 1 aliphatic heterocycles. The second-order valence-corrected chi connectivity index (χ2v) is 5.33. The Balaban J connectivity index is 1.79. The molecule has 2 aromatic rings. The maximum absolute atomic E-state index is 12.1. The van der Waals surface area contributed by atoms with Crippen LogP contribution in [0.2, 0.25) is 0 Å². The summed E-state index contributed by atoms with van der Waals surface area (Å²) >= 11 is 3.28. The SMILES string of the molecule is O=C1Cc2ccc(C(=O)Nc3ccc(Br)cn3)cc2N1. The van der Waals surface area contributed by atoms with Crippen molar-refractivity contribution in [1.29, 1.82) is 0 Å². The third-order valence-electron chi connectivity index (χ3n) is 2.97. The van der Waals surface area contributed by atoms with Gasteiger partial charge in [-0.1, -0.05) is 6.07 Å². The number of hydrogen-bond acceptors (Lipinski definition) is 3.